The third-order valence-corrected chi connectivity index (χ3v) is 3.34. The lowest BCUT2D eigenvalue weighted by atomic mass is 10.3. The van der Waals surface area contributed by atoms with Gasteiger partial charge in [-0.25, -0.2) is 0 Å². The molecule has 0 saturated carbocycles. The van der Waals surface area contributed by atoms with Gasteiger partial charge in [-0.1, -0.05) is 13.3 Å². The summed E-state index contributed by atoms with van der Waals surface area (Å²) in [4.78, 5) is 0. The summed E-state index contributed by atoms with van der Waals surface area (Å²) >= 11 is 17.0. The highest BCUT2D eigenvalue weighted by Crippen LogP contribution is 2.16. The molecule has 0 fully saturated rings. The van der Waals surface area contributed by atoms with E-state index in [0.29, 0.717) is 0 Å². The summed E-state index contributed by atoms with van der Waals surface area (Å²) < 4.78 is 0. The van der Waals surface area contributed by atoms with E-state index in [4.69, 9.17) is 33.8 Å². The average molecular weight is 205 g/mol. The third kappa shape index (κ3) is 6.98. The maximum atomic E-state index is 5.83. The highest BCUT2D eigenvalue weighted by atomic mass is 35.7. The van der Waals surface area contributed by atoms with Crippen molar-refractivity contribution >= 4 is 41.2 Å². The van der Waals surface area contributed by atoms with Crippen LogP contribution >= 0.6 is 33.8 Å². The normalized spacial score (nSPS) is 14.3. The van der Waals surface area contributed by atoms with Crippen molar-refractivity contribution in [3.63, 3.8) is 0 Å². The molecule has 0 N–H and O–H groups in total. The van der Waals surface area contributed by atoms with E-state index in [1.165, 1.54) is 0 Å². The molecule has 1 radical (unpaired) electrons. The largest absolute Gasteiger partial charge is 0.275 e. The van der Waals surface area contributed by atoms with E-state index in [9.17, 15) is 0 Å². The smallest absolute Gasteiger partial charge is 0.147 e. The molecule has 1 unspecified atom stereocenters. The molecule has 0 saturated heterocycles. The molecule has 0 bridgehead atoms. The SMILES string of the molecule is CCCC(Cl)C[Si](Cl)Cl. The van der Waals surface area contributed by atoms with Gasteiger partial charge in [0, 0.05) is 5.38 Å². The monoisotopic (exact) mass is 203 g/mol. The van der Waals surface area contributed by atoms with Crippen LogP contribution in [0.5, 0.6) is 0 Å². The van der Waals surface area contributed by atoms with E-state index in [1.54, 1.807) is 0 Å². The fourth-order valence-corrected chi connectivity index (χ4v) is 3.39. The first-order valence-corrected chi connectivity index (χ1v) is 7.14. The van der Waals surface area contributed by atoms with Crippen molar-refractivity contribution in [2.75, 3.05) is 0 Å². The average Bonchev–Trinajstić information content (AvgIpc) is 1.63. The standard InChI is InChI=1S/C5H10Cl3Si/c1-2-3-5(6)4-9(7)8/h5H,2-4H2,1H3. The molecule has 0 spiro atoms. The van der Waals surface area contributed by atoms with Gasteiger partial charge in [-0.3, -0.25) is 0 Å². The van der Waals surface area contributed by atoms with E-state index in [0.717, 1.165) is 18.9 Å². The predicted octanol–water partition coefficient (Wildman–Crippen LogP) is 3.36. The van der Waals surface area contributed by atoms with Crippen molar-refractivity contribution in [3.05, 3.63) is 0 Å². The Morgan fingerprint density at radius 1 is 1.44 bits per heavy atom. The summed E-state index contributed by atoms with van der Waals surface area (Å²) in [5.41, 5.74) is 0. The first kappa shape index (κ1) is 10.1. The first-order valence-electron chi connectivity index (χ1n) is 2.97. The Kier molecular flexibility index (Phi) is 6.55. The molecular formula is C5H10Cl3Si. The Hall–Kier alpha value is 1.09. The van der Waals surface area contributed by atoms with Gasteiger partial charge in [0.05, 0.1) is 0 Å². The van der Waals surface area contributed by atoms with Gasteiger partial charge in [0.25, 0.3) is 7.42 Å². The Morgan fingerprint density at radius 3 is 2.33 bits per heavy atom. The van der Waals surface area contributed by atoms with Crippen molar-refractivity contribution in [1.82, 2.24) is 0 Å². The second kappa shape index (κ2) is 5.84. The molecule has 0 aliphatic rings. The van der Waals surface area contributed by atoms with Crippen LogP contribution < -0.4 is 0 Å². The van der Waals surface area contributed by atoms with E-state index < -0.39 is 7.42 Å². The number of halogens is 3. The van der Waals surface area contributed by atoms with Crippen LogP contribution in [0, 0.1) is 0 Å². The van der Waals surface area contributed by atoms with Crippen molar-refractivity contribution in [1.29, 1.82) is 0 Å². The van der Waals surface area contributed by atoms with Gasteiger partial charge in [0.2, 0.25) is 0 Å². The quantitative estimate of drug-likeness (QED) is 0.374. The van der Waals surface area contributed by atoms with E-state index in [2.05, 4.69) is 6.92 Å². The second-order valence-corrected chi connectivity index (χ2v) is 6.95. The van der Waals surface area contributed by atoms with Gasteiger partial charge in [0.1, 0.15) is 0 Å². The summed E-state index contributed by atoms with van der Waals surface area (Å²) in [5, 5.41) is 0.193. The van der Waals surface area contributed by atoms with Crippen LogP contribution in [0.2, 0.25) is 6.04 Å². The Balaban J connectivity index is 3.15. The summed E-state index contributed by atoms with van der Waals surface area (Å²) in [5.74, 6) is 0. The van der Waals surface area contributed by atoms with Crippen molar-refractivity contribution in [2.45, 2.75) is 31.2 Å². The summed E-state index contributed by atoms with van der Waals surface area (Å²) in [6.07, 6.45) is 2.13. The molecule has 1 atom stereocenters. The molecular weight excluding hydrogens is 194 g/mol. The van der Waals surface area contributed by atoms with Gasteiger partial charge in [-0.15, -0.1) is 33.8 Å². The molecule has 0 aromatic rings. The van der Waals surface area contributed by atoms with Crippen LogP contribution in [0.3, 0.4) is 0 Å². The van der Waals surface area contributed by atoms with Gasteiger partial charge >= 0.3 is 0 Å². The number of alkyl halides is 1. The highest BCUT2D eigenvalue weighted by Gasteiger charge is 2.10. The zero-order valence-electron chi connectivity index (χ0n) is 5.33. The zero-order valence-corrected chi connectivity index (χ0v) is 8.60. The lowest BCUT2D eigenvalue weighted by Gasteiger charge is -2.04. The molecule has 0 aliphatic heterocycles. The molecule has 0 aliphatic carbocycles. The number of hydrogen-bond acceptors (Lipinski definition) is 0. The fourth-order valence-electron chi connectivity index (χ4n) is 0.583. The highest BCUT2D eigenvalue weighted by molar-refractivity contribution is 7.33. The molecule has 0 aromatic carbocycles. The maximum Gasteiger partial charge on any atom is 0.275 e. The van der Waals surface area contributed by atoms with Crippen molar-refractivity contribution < 1.29 is 0 Å². The summed E-state index contributed by atoms with van der Waals surface area (Å²) in [6, 6.07) is 0.795. The zero-order chi connectivity index (χ0) is 7.28. The summed E-state index contributed by atoms with van der Waals surface area (Å²) in [6.45, 7) is 2.10. The molecule has 0 rings (SSSR count). The fraction of sp³-hybridized carbons (Fsp3) is 1.00. The Labute approximate surface area is 72.5 Å². The minimum Gasteiger partial charge on any atom is -0.147 e. The minimum absolute atomic E-state index is 0.193. The van der Waals surface area contributed by atoms with Crippen molar-refractivity contribution in [2.24, 2.45) is 0 Å². The van der Waals surface area contributed by atoms with Crippen LogP contribution in [0.1, 0.15) is 19.8 Å². The predicted molar refractivity (Wildman–Crippen MR) is 46.8 cm³/mol. The van der Waals surface area contributed by atoms with Crippen LogP contribution in [-0.4, -0.2) is 12.8 Å². The summed E-state index contributed by atoms with van der Waals surface area (Å²) in [7, 11) is -1.14. The van der Waals surface area contributed by atoms with Crippen LogP contribution in [0.4, 0.5) is 0 Å². The molecule has 0 nitrogen and oxygen atoms in total. The van der Waals surface area contributed by atoms with Crippen molar-refractivity contribution in [3.8, 4) is 0 Å². The van der Waals surface area contributed by atoms with E-state index in [-0.39, 0.29) is 5.38 Å². The van der Waals surface area contributed by atoms with Crippen LogP contribution in [0.25, 0.3) is 0 Å². The number of hydrogen-bond donors (Lipinski definition) is 0. The third-order valence-electron chi connectivity index (χ3n) is 0.978. The maximum absolute atomic E-state index is 5.83. The molecule has 0 amide bonds. The first-order chi connectivity index (χ1) is 4.16. The lowest BCUT2D eigenvalue weighted by molar-refractivity contribution is 0.777. The van der Waals surface area contributed by atoms with Gasteiger partial charge in [0.15, 0.2) is 0 Å². The van der Waals surface area contributed by atoms with Gasteiger partial charge in [-0.05, 0) is 12.5 Å². The van der Waals surface area contributed by atoms with Gasteiger partial charge < -0.3 is 0 Å². The molecule has 9 heavy (non-hydrogen) atoms. The second-order valence-electron chi connectivity index (χ2n) is 1.93. The Bertz CT molecular complexity index is 67.2. The van der Waals surface area contributed by atoms with E-state index >= 15 is 0 Å². The minimum atomic E-state index is -1.14. The van der Waals surface area contributed by atoms with Gasteiger partial charge in [-0.2, -0.15) is 0 Å². The van der Waals surface area contributed by atoms with E-state index in [1.807, 2.05) is 0 Å². The molecule has 55 valence electrons. The van der Waals surface area contributed by atoms with Crippen LogP contribution in [0.15, 0.2) is 0 Å². The van der Waals surface area contributed by atoms with Crippen LogP contribution in [-0.2, 0) is 0 Å². The topological polar surface area (TPSA) is 0 Å². The number of rotatable bonds is 4. The molecule has 0 aromatic heterocycles. The lowest BCUT2D eigenvalue weighted by Crippen LogP contribution is -2.04. The molecule has 0 heterocycles. The molecule has 4 heteroatoms. The Morgan fingerprint density at radius 2 is 2.00 bits per heavy atom.